The van der Waals surface area contributed by atoms with Gasteiger partial charge in [0.1, 0.15) is 0 Å². The number of H-pyrrole nitrogens is 2. The Morgan fingerprint density at radius 2 is 1.29 bits per heavy atom. The van der Waals surface area contributed by atoms with Crippen molar-refractivity contribution in [2.75, 3.05) is 0 Å². The van der Waals surface area contributed by atoms with Crippen molar-refractivity contribution in [2.24, 2.45) is 0 Å². The van der Waals surface area contributed by atoms with Gasteiger partial charge in [0.25, 0.3) is 0 Å². The summed E-state index contributed by atoms with van der Waals surface area (Å²) in [4.78, 5) is 6.08. The molecular weight excluding hydrogens is 172 g/mol. The molecule has 0 radical (unpaired) electrons. The molecule has 0 aliphatic heterocycles. The number of pyridine rings is 2. The van der Waals surface area contributed by atoms with Crippen LogP contribution in [0.2, 0.25) is 0 Å². The summed E-state index contributed by atoms with van der Waals surface area (Å²) in [7, 11) is 0. The van der Waals surface area contributed by atoms with E-state index in [1.165, 1.54) is 0 Å². The number of rotatable bonds is 2. The minimum atomic E-state index is 1.16. The Morgan fingerprint density at radius 3 is 1.64 bits per heavy atom. The Balaban J connectivity index is 2.16. The van der Waals surface area contributed by atoms with Gasteiger partial charge in [-0.25, -0.2) is 9.97 Å². The van der Waals surface area contributed by atoms with E-state index in [1.54, 1.807) is 0 Å². The Morgan fingerprint density at radius 1 is 0.786 bits per heavy atom. The molecule has 0 amide bonds. The van der Waals surface area contributed by atoms with E-state index < -0.39 is 0 Å². The normalized spacial score (nSPS) is 10.6. The molecule has 0 fully saturated rings. The molecule has 0 bridgehead atoms. The summed E-state index contributed by atoms with van der Waals surface area (Å²) >= 11 is 0. The molecule has 2 rings (SSSR count). The van der Waals surface area contributed by atoms with Crippen LogP contribution in [0.15, 0.2) is 49.1 Å². The molecule has 0 saturated carbocycles. The molecule has 0 aliphatic carbocycles. The fourth-order valence-corrected chi connectivity index (χ4v) is 1.21. The van der Waals surface area contributed by atoms with Crippen LogP contribution in [0.4, 0.5) is 0 Å². The van der Waals surface area contributed by atoms with Crippen molar-refractivity contribution in [1.82, 2.24) is 0 Å². The monoisotopic (exact) mass is 184 g/mol. The number of aromatic nitrogens is 2. The molecule has 68 valence electrons. The summed E-state index contributed by atoms with van der Waals surface area (Å²) < 4.78 is 0. The van der Waals surface area contributed by atoms with Crippen molar-refractivity contribution in [2.45, 2.75) is 0 Å². The van der Waals surface area contributed by atoms with Gasteiger partial charge in [-0.3, -0.25) is 0 Å². The van der Waals surface area contributed by atoms with Gasteiger partial charge < -0.3 is 0 Å². The average Bonchev–Trinajstić information content (AvgIpc) is 2.29. The van der Waals surface area contributed by atoms with Crippen LogP contribution in [0.25, 0.3) is 12.2 Å². The lowest BCUT2D eigenvalue weighted by Gasteiger charge is -1.87. The Bertz CT molecular complexity index is 365. The molecule has 2 heteroatoms. The quantitative estimate of drug-likeness (QED) is 0.676. The lowest BCUT2D eigenvalue weighted by atomic mass is 10.2. The van der Waals surface area contributed by atoms with Gasteiger partial charge in [-0.1, -0.05) is 0 Å². The summed E-state index contributed by atoms with van der Waals surface area (Å²) in [6.07, 6.45) is 11.9. The molecule has 0 atom stereocenters. The van der Waals surface area contributed by atoms with Crippen molar-refractivity contribution in [3.63, 3.8) is 0 Å². The van der Waals surface area contributed by atoms with Gasteiger partial charge in [0.05, 0.1) is 0 Å². The largest absolute Gasteiger partial charge is 0.217 e. The van der Waals surface area contributed by atoms with E-state index in [-0.39, 0.29) is 0 Å². The van der Waals surface area contributed by atoms with Crippen molar-refractivity contribution >= 4 is 12.2 Å². The first-order chi connectivity index (χ1) is 6.95. The van der Waals surface area contributed by atoms with E-state index in [2.05, 4.69) is 34.3 Å². The van der Waals surface area contributed by atoms with Crippen LogP contribution in [0, 0.1) is 0 Å². The maximum absolute atomic E-state index is 3.04. The van der Waals surface area contributed by atoms with Gasteiger partial charge in [-0.05, 0) is 24.3 Å². The molecule has 2 nitrogen and oxygen atoms in total. The third kappa shape index (κ3) is 2.26. The highest BCUT2D eigenvalue weighted by molar-refractivity contribution is 5.68. The van der Waals surface area contributed by atoms with Gasteiger partial charge in [0.15, 0.2) is 24.8 Å². The average molecular weight is 184 g/mol. The predicted molar refractivity (Wildman–Crippen MR) is 54.9 cm³/mol. The molecule has 2 aromatic heterocycles. The summed E-state index contributed by atoms with van der Waals surface area (Å²) in [5.41, 5.74) is 2.33. The summed E-state index contributed by atoms with van der Waals surface area (Å²) in [6.45, 7) is 0. The van der Waals surface area contributed by atoms with Crippen LogP contribution in [0.3, 0.4) is 0 Å². The van der Waals surface area contributed by atoms with Crippen molar-refractivity contribution in [1.29, 1.82) is 0 Å². The fourth-order valence-electron chi connectivity index (χ4n) is 1.21. The van der Waals surface area contributed by atoms with Gasteiger partial charge in [-0.2, -0.15) is 0 Å². The maximum Gasteiger partial charge on any atom is 0.174 e. The number of aromatic amines is 2. The summed E-state index contributed by atoms with van der Waals surface area (Å²) in [5, 5.41) is 0. The van der Waals surface area contributed by atoms with Crippen LogP contribution in [-0.2, 0) is 0 Å². The van der Waals surface area contributed by atoms with Gasteiger partial charge in [0, 0.05) is 23.3 Å². The van der Waals surface area contributed by atoms with E-state index in [1.807, 2.05) is 36.9 Å². The molecular formula is C12H12N2+2. The van der Waals surface area contributed by atoms with Crippen molar-refractivity contribution < 1.29 is 9.97 Å². The first-order valence-corrected chi connectivity index (χ1v) is 4.55. The maximum atomic E-state index is 3.04. The Hall–Kier alpha value is -1.96. The predicted octanol–water partition coefficient (Wildman–Crippen LogP) is 1.49. The zero-order valence-electron chi connectivity index (χ0n) is 7.77. The number of hydrogen-bond acceptors (Lipinski definition) is 0. The van der Waals surface area contributed by atoms with E-state index in [9.17, 15) is 0 Å². The molecule has 0 aliphatic rings. The van der Waals surface area contributed by atoms with Crippen LogP contribution in [-0.4, -0.2) is 0 Å². The number of nitrogens with one attached hydrogen (secondary N) is 2. The lowest BCUT2D eigenvalue weighted by molar-refractivity contribution is -0.378. The van der Waals surface area contributed by atoms with E-state index >= 15 is 0 Å². The van der Waals surface area contributed by atoms with Crippen LogP contribution in [0.1, 0.15) is 11.1 Å². The molecule has 0 aromatic carbocycles. The molecule has 0 saturated heterocycles. The smallest absolute Gasteiger partial charge is 0.174 e. The van der Waals surface area contributed by atoms with Gasteiger partial charge in [-0.15, -0.1) is 0 Å². The van der Waals surface area contributed by atoms with Crippen LogP contribution in [0.5, 0.6) is 0 Å². The summed E-state index contributed by atoms with van der Waals surface area (Å²) in [6, 6.07) is 8.08. The van der Waals surface area contributed by atoms with Crippen molar-refractivity contribution in [3.8, 4) is 0 Å². The third-order valence-electron chi connectivity index (χ3n) is 1.93. The topological polar surface area (TPSA) is 28.3 Å². The highest BCUT2D eigenvalue weighted by Gasteiger charge is 1.90. The zero-order chi connectivity index (χ0) is 9.64. The second-order valence-corrected chi connectivity index (χ2v) is 3.01. The Kier molecular flexibility index (Phi) is 2.67. The third-order valence-corrected chi connectivity index (χ3v) is 1.93. The second kappa shape index (κ2) is 4.33. The first kappa shape index (κ1) is 8.63. The minimum Gasteiger partial charge on any atom is -0.217 e. The van der Waals surface area contributed by atoms with E-state index in [0.29, 0.717) is 0 Å². The number of hydrogen-bond donors (Lipinski definition) is 0. The minimum absolute atomic E-state index is 1.16. The second-order valence-electron chi connectivity index (χ2n) is 3.01. The molecule has 2 N–H and O–H groups in total. The molecule has 2 heterocycles. The highest BCUT2D eigenvalue weighted by atomic mass is 14.6. The van der Waals surface area contributed by atoms with Gasteiger partial charge in [0.2, 0.25) is 0 Å². The SMILES string of the molecule is C(=C\c1ccc[nH+]c1)/c1ccc[nH+]c1. The van der Waals surface area contributed by atoms with E-state index in [0.717, 1.165) is 11.1 Å². The standard InChI is InChI=1S/C12H10N2/c1-3-11(9-13-7-1)5-6-12-4-2-8-14-10-12/h1-10H/p+2/b6-5+. The van der Waals surface area contributed by atoms with Crippen molar-refractivity contribution in [3.05, 3.63) is 60.2 Å². The van der Waals surface area contributed by atoms with Crippen LogP contribution >= 0.6 is 0 Å². The van der Waals surface area contributed by atoms with Gasteiger partial charge >= 0.3 is 0 Å². The molecule has 2 aromatic rings. The Labute approximate surface area is 83.0 Å². The first-order valence-electron chi connectivity index (χ1n) is 4.55. The fraction of sp³-hybridized carbons (Fsp3) is 0. The molecule has 0 spiro atoms. The zero-order valence-corrected chi connectivity index (χ0v) is 7.77. The lowest BCUT2D eigenvalue weighted by Crippen LogP contribution is -1.98. The van der Waals surface area contributed by atoms with E-state index in [4.69, 9.17) is 0 Å². The van der Waals surface area contributed by atoms with Crippen LogP contribution < -0.4 is 9.97 Å². The molecule has 14 heavy (non-hydrogen) atoms. The molecule has 0 unspecified atom stereocenters. The summed E-state index contributed by atoms with van der Waals surface area (Å²) in [5.74, 6) is 0. The highest BCUT2D eigenvalue weighted by Crippen LogP contribution is 2.03.